The molecule has 0 aliphatic heterocycles. The molecule has 0 aliphatic carbocycles. The summed E-state index contributed by atoms with van der Waals surface area (Å²) in [6.45, 7) is 2.04. The Morgan fingerprint density at radius 3 is 2.68 bits per heavy atom. The van der Waals surface area contributed by atoms with Crippen molar-refractivity contribution in [2.24, 2.45) is 0 Å². The molecule has 2 aromatic rings. The van der Waals surface area contributed by atoms with Crippen LogP contribution in [0.15, 0.2) is 30.6 Å². The van der Waals surface area contributed by atoms with E-state index in [2.05, 4.69) is 10.4 Å². The van der Waals surface area contributed by atoms with Crippen molar-refractivity contribution in [1.82, 2.24) is 9.78 Å². The Bertz CT molecular complexity index is 536. The van der Waals surface area contributed by atoms with Crippen LogP contribution in [0.4, 0.5) is 14.5 Å². The number of rotatable bonds is 5. The number of anilines is 1. The first kappa shape index (κ1) is 13.5. The number of benzene rings is 1. The Morgan fingerprint density at radius 1 is 1.37 bits per heavy atom. The van der Waals surface area contributed by atoms with Crippen LogP contribution >= 0.6 is 0 Å². The van der Waals surface area contributed by atoms with Gasteiger partial charge in [-0.05, 0) is 19.1 Å². The number of aromatic nitrogens is 2. The SMILES string of the molecule is CC(Nc1cnn(CCO)c1)c1c(F)cccc1F. The molecule has 0 saturated heterocycles. The standard InChI is InChI=1S/C13H15F2N3O/c1-9(13-11(14)3-2-4-12(13)15)17-10-7-16-18(8-10)5-6-19/h2-4,7-9,17,19H,5-6H2,1H3. The Hall–Kier alpha value is -1.95. The van der Waals surface area contributed by atoms with Crippen molar-refractivity contribution in [2.75, 3.05) is 11.9 Å². The summed E-state index contributed by atoms with van der Waals surface area (Å²) in [5.41, 5.74) is 0.640. The number of nitrogens with one attached hydrogen (secondary N) is 1. The van der Waals surface area contributed by atoms with Gasteiger partial charge in [0.15, 0.2) is 0 Å². The third-order valence-corrected chi connectivity index (χ3v) is 2.78. The van der Waals surface area contributed by atoms with E-state index in [1.54, 1.807) is 24.0 Å². The average molecular weight is 267 g/mol. The van der Waals surface area contributed by atoms with E-state index in [4.69, 9.17) is 5.11 Å². The second-order valence-corrected chi connectivity index (χ2v) is 4.22. The normalized spacial score (nSPS) is 12.4. The number of halogens is 2. The largest absolute Gasteiger partial charge is 0.394 e. The second kappa shape index (κ2) is 5.79. The highest BCUT2D eigenvalue weighted by Gasteiger charge is 2.16. The summed E-state index contributed by atoms with van der Waals surface area (Å²) < 4.78 is 28.7. The van der Waals surface area contributed by atoms with E-state index in [1.165, 1.54) is 18.2 Å². The van der Waals surface area contributed by atoms with E-state index in [0.29, 0.717) is 12.2 Å². The molecule has 0 fully saturated rings. The highest BCUT2D eigenvalue weighted by molar-refractivity contribution is 5.42. The van der Waals surface area contributed by atoms with Gasteiger partial charge >= 0.3 is 0 Å². The minimum atomic E-state index is -0.581. The van der Waals surface area contributed by atoms with Crippen LogP contribution in [-0.2, 0) is 6.54 Å². The minimum Gasteiger partial charge on any atom is -0.394 e. The van der Waals surface area contributed by atoms with Crippen LogP contribution in [0, 0.1) is 11.6 Å². The van der Waals surface area contributed by atoms with Gasteiger partial charge in [-0.2, -0.15) is 5.10 Å². The molecule has 1 atom stereocenters. The molecule has 2 rings (SSSR count). The maximum Gasteiger partial charge on any atom is 0.131 e. The van der Waals surface area contributed by atoms with Crippen LogP contribution in [0.5, 0.6) is 0 Å². The summed E-state index contributed by atoms with van der Waals surface area (Å²) >= 11 is 0. The minimum absolute atomic E-state index is 0.00240. The van der Waals surface area contributed by atoms with E-state index in [-0.39, 0.29) is 12.2 Å². The van der Waals surface area contributed by atoms with Crippen molar-refractivity contribution in [3.05, 3.63) is 47.8 Å². The molecular weight excluding hydrogens is 252 g/mol. The first-order chi connectivity index (χ1) is 9.11. The fraction of sp³-hybridized carbons (Fsp3) is 0.308. The fourth-order valence-electron chi connectivity index (χ4n) is 1.91. The molecule has 0 aliphatic rings. The van der Waals surface area contributed by atoms with E-state index in [1.807, 2.05) is 0 Å². The first-order valence-corrected chi connectivity index (χ1v) is 5.95. The first-order valence-electron chi connectivity index (χ1n) is 5.95. The molecule has 102 valence electrons. The molecule has 1 heterocycles. The summed E-state index contributed by atoms with van der Waals surface area (Å²) in [5.74, 6) is -1.16. The molecule has 0 bridgehead atoms. The summed E-state index contributed by atoms with van der Waals surface area (Å²) in [5, 5.41) is 15.8. The van der Waals surface area contributed by atoms with Crippen molar-refractivity contribution in [3.8, 4) is 0 Å². The quantitative estimate of drug-likeness (QED) is 0.874. The molecule has 6 heteroatoms. The Labute approximate surface area is 109 Å². The number of hydrogen-bond acceptors (Lipinski definition) is 3. The van der Waals surface area contributed by atoms with Crippen molar-refractivity contribution in [2.45, 2.75) is 19.5 Å². The van der Waals surface area contributed by atoms with Gasteiger partial charge in [-0.25, -0.2) is 8.78 Å². The number of aliphatic hydroxyl groups excluding tert-OH is 1. The smallest absolute Gasteiger partial charge is 0.131 e. The lowest BCUT2D eigenvalue weighted by molar-refractivity contribution is 0.269. The van der Waals surface area contributed by atoms with Crippen LogP contribution in [0.3, 0.4) is 0 Å². The van der Waals surface area contributed by atoms with E-state index >= 15 is 0 Å². The van der Waals surface area contributed by atoms with Crippen LogP contribution < -0.4 is 5.32 Å². The van der Waals surface area contributed by atoms with E-state index < -0.39 is 17.7 Å². The lowest BCUT2D eigenvalue weighted by Gasteiger charge is -2.15. The molecule has 0 amide bonds. The molecular formula is C13H15F2N3O. The van der Waals surface area contributed by atoms with Gasteiger partial charge < -0.3 is 10.4 Å². The Morgan fingerprint density at radius 2 is 2.05 bits per heavy atom. The van der Waals surface area contributed by atoms with Crippen LogP contribution in [0.1, 0.15) is 18.5 Å². The van der Waals surface area contributed by atoms with E-state index in [9.17, 15) is 8.78 Å². The van der Waals surface area contributed by atoms with Gasteiger partial charge in [-0.3, -0.25) is 4.68 Å². The molecule has 2 N–H and O–H groups in total. The van der Waals surface area contributed by atoms with Crippen LogP contribution in [0.2, 0.25) is 0 Å². The van der Waals surface area contributed by atoms with Crippen molar-refractivity contribution in [3.63, 3.8) is 0 Å². The van der Waals surface area contributed by atoms with Crippen LogP contribution in [0.25, 0.3) is 0 Å². The lowest BCUT2D eigenvalue weighted by Crippen LogP contribution is -2.10. The molecule has 1 aromatic carbocycles. The predicted molar refractivity (Wildman–Crippen MR) is 67.7 cm³/mol. The fourth-order valence-corrected chi connectivity index (χ4v) is 1.91. The monoisotopic (exact) mass is 267 g/mol. The number of nitrogens with zero attached hydrogens (tertiary/aromatic N) is 2. The molecule has 19 heavy (non-hydrogen) atoms. The lowest BCUT2D eigenvalue weighted by atomic mass is 10.1. The van der Waals surface area contributed by atoms with E-state index in [0.717, 1.165) is 0 Å². The number of aliphatic hydroxyl groups is 1. The molecule has 0 radical (unpaired) electrons. The summed E-state index contributed by atoms with van der Waals surface area (Å²) in [6.07, 6.45) is 3.22. The van der Waals surface area contributed by atoms with Gasteiger partial charge in [0, 0.05) is 11.8 Å². The highest BCUT2D eigenvalue weighted by Crippen LogP contribution is 2.23. The second-order valence-electron chi connectivity index (χ2n) is 4.22. The third-order valence-electron chi connectivity index (χ3n) is 2.78. The van der Waals surface area contributed by atoms with Crippen LogP contribution in [-0.4, -0.2) is 21.5 Å². The zero-order valence-electron chi connectivity index (χ0n) is 10.5. The Kier molecular flexibility index (Phi) is 4.11. The highest BCUT2D eigenvalue weighted by atomic mass is 19.1. The molecule has 1 unspecified atom stereocenters. The van der Waals surface area contributed by atoms with Gasteiger partial charge in [0.1, 0.15) is 11.6 Å². The predicted octanol–water partition coefficient (Wildman–Crippen LogP) is 2.33. The van der Waals surface area contributed by atoms with Gasteiger partial charge in [0.25, 0.3) is 0 Å². The summed E-state index contributed by atoms with van der Waals surface area (Å²) in [4.78, 5) is 0. The maximum absolute atomic E-state index is 13.6. The topological polar surface area (TPSA) is 50.1 Å². The average Bonchev–Trinajstić information content (AvgIpc) is 2.77. The molecule has 0 spiro atoms. The third kappa shape index (κ3) is 3.08. The molecule has 1 aromatic heterocycles. The van der Waals surface area contributed by atoms with Gasteiger partial charge in [-0.15, -0.1) is 0 Å². The molecule has 4 nitrogen and oxygen atoms in total. The number of hydrogen-bond donors (Lipinski definition) is 2. The van der Waals surface area contributed by atoms with Crippen molar-refractivity contribution >= 4 is 5.69 Å². The Balaban J connectivity index is 2.13. The zero-order valence-corrected chi connectivity index (χ0v) is 10.5. The maximum atomic E-state index is 13.6. The zero-order chi connectivity index (χ0) is 13.8. The summed E-state index contributed by atoms with van der Waals surface area (Å²) in [6, 6.07) is 3.27. The molecule has 0 saturated carbocycles. The van der Waals surface area contributed by atoms with Gasteiger partial charge in [0.2, 0.25) is 0 Å². The van der Waals surface area contributed by atoms with Gasteiger partial charge in [0.05, 0.1) is 31.1 Å². The van der Waals surface area contributed by atoms with Crippen molar-refractivity contribution < 1.29 is 13.9 Å². The van der Waals surface area contributed by atoms with Gasteiger partial charge in [-0.1, -0.05) is 6.07 Å². The van der Waals surface area contributed by atoms with Crippen molar-refractivity contribution in [1.29, 1.82) is 0 Å². The summed E-state index contributed by atoms with van der Waals surface area (Å²) in [7, 11) is 0.